The molecular weight excluding hydrogens is 230 g/mol. The van der Waals surface area contributed by atoms with Gasteiger partial charge in [0.15, 0.2) is 0 Å². The molecule has 0 saturated heterocycles. The summed E-state index contributed by atoms with van der Waals surface area (Å²) in [6.07, 6.45) is 2.65. The fraction of sp³-hybridized carbons (Fsp3) is 0. The van der Waals surface area contributed by atoms with Gasteiger partial charge in [0, 0.05) is 12.3 Å². The highest BCUT2D eigenvalue weighted by Crippen LogP contribution is 2.12. The van der Waals surface area contributed by atoms with Gasteiger partial charge in [-0.05, 0) is 17.5 Å². The largest absolute Gasteiger partial charge is 0.286 e. The zero-order valence-electron chi connectivity index (χ0n) is 9.33. The average molecular weight is 239 g/mol. The SMILES string of the molecule is O=C1C=NN/C1=C\n1c(=O)ccc2ccccc21. The summed E-state index contributed by atoms with van der Waals surface area (Å²) in [6.45, 7) is 0. The van der Waals surface area contributed by atoms with E-state index in [2.05, 4.69) is 10.5 Å². The summed E-state index contributed by atoms with van der Waals surface area (Å²) in [5, 5.41) is 4.57. The highest BCUT2D eigenvalue weighted by atomic mass is 16.1. The Morgan fingerprint density at radius 3 is 2.72 bits per heavy atom. The Hall–Kier alpha value is -2.69. The van der Waals surface area contributed by atoms with Crippen LogP contribution < -0.4 is 11.0 Å². The zero-order valence-corrected chi connectivity index (χ0v) is 9.33. The number of benzene rings is 1. The van der Waals surface area contributed by atoms with Crippen molar-refractivity contribution in [1.82, 2.24) is 9.99 Å². The summed E-state index contributed by atoms with van der Waals surface area (Å²) in [7, 11) is 0. The van der Waals surface area contributed by atoms with E-state index in [0.29, 0.717) is 0 Å². The van der Waals surface area contributed by atoms with Gasteiger partial charge < -0.3 is 0 Å². The van der Waals surface area contributed by atoms with Crippen molar-refractivity contribution in [2.24, 2.45) is 5.10 Å². The van der Waals surface area contributed by atoms with Gasteiger partial charge >= 0.3 is 0 Å². The maximum absolute atomic E-state index is 11.9. The van der Waals surface area contributed by atoms with E-state index in [1.54, 1.807) is 6.07 Å². The van der Waals surface area contributed by atoms with Crippen LogP contribution in [-0.2, 0) is 4.79 Å². The Balaban J connectivity index is 2.26. The Morgan fingerprint density at radius 2 is 1.94 bits per heavy atom. The molecule has 2 aromatic rings. The molecule has 0 unspecified atom stereocenters. The molecule has 5 nitrogen and oxygen atoms in total. The lowest BCUT2D eigenvalue weighted by Crippen LogP contribution is -2.17. The molecule has 5 heteroatoms. The minimum Gasteiger partial charge on any atom is -0.286 e. The van der Waals surface area contributed by atoms with Crippen LogP contribution in [0.3, 0.4) is 0 Å². The number of allylic oxidation sites excluding steroid dienone is 1. The van der Waals surface area contributed by atoms with E-state index >= 15 is 0 Å². The number of hydrogen-bond donors (Lipinski definition) is 1. The molecule has 0 radical (unpaired) electrons. The normalized spacial score (nSPS) is 16.4. The number of aromatic nitrogens is 1. The number of para-hydroxylation sites is 1. The van der Waals surface area contributed by atoms with Gasteiger partial charge in [-0.1, -0.05) is 18.2 Å². The van der Waals surface area contributed by atoms with E-state index in [4.69, 9.17) is 0 Å². The number of pyridine rings is 1. The zero-order chi connectivity index (χ0) is 12.5. The molecule has 0 saturated carbocycles. The first-order valence-corrected chi connectivity index (χ1v) is 5.41. The molecule has 1 N–H and O–H groups in total. The second kappa shape index (κ2) is 3.96. The van der Waals surface area contributed by atoms with Gasteiger partial charge in [-0.15, -0.1) is 0 Å². The third-order valence-corrected chi connectivity index (χ3v) is 2.73. The lowest BCUT2D eigenvalue weighted by atomic mass is 10.2. The molecule has 1 aliphatic heterocycles. The number of hydrazone groups is 1. The Bertz CT molecular complexity index is 756. The van der Waals surface area contributed by atoms with Crippen molar-refractivity contribution in [3.05, 3.63) is 52.4 Å². The van der Waals surface area contributed by atoms with Crippen LogP contribution in [0.5, 0.6) is 0 Å². The number of ketones is 1. The fourth-order valence-electron chi connectivity index (χ4n) is 1.85. The summed E-state index contributed by atoms with van der Waals surface area (Å²) >= 11 is 0. The lowest BCUT2D eigenvalue weighted by molar-refractivity contribution is -0.109. The number of Topliss-reactive ketones (excluding diaryl/α,β-unsaturated/α-hetero) is 1. The van der Waals surface area contributed by atoms with E-state index in [0.717, 1.165) is 10.9 Å². The summed E-state index contributed by atoms with van der Waals surface area (Å²) in [5.74, 6) is -0.241. The summed E-state index contributed by atoms with van der Waals surface area (Å²) < 4.78 is 1.43. The van der Waals surface area contributed by atoms with Crippen molar-refractivity contribution in [3.63, 3.8) is 0 Å². The molecule has 1 aromatic carbocycles. The van der Waals surface area contributed by atoms with Gasteiger partial charge in [0.05, 0.1) is 11.7 Å². The molecular formula is C13H9N3O2. The Kier molecular flexibility index (Phi) is 2.30. The molecule has 3 rings (SSSR count). The highest BCUT2D eigenvalue weighted by molar-refractivity contribution is 6.37. The molecule has 0 amide bonds. The Labute approximate surface area is 102 Å². The van der Waals surface area contributed by atoms with Crippen LogP contribution >= 0.6 is 0 Å². The maximum atomic E-state index is 11.9. The van der Waals surface area contributed by atoms with Crippen LogP contribution in [0.1, 0.15) is 0 Å². The number of fused-ring (bicyclic) bond motifs is 1. The molecule has 0 aliphatic carbocycles. The van der Waals surface area contributed by atoms with Gasteiger partial charge in [0.1, 0.15) is 5.70 Å². The number of nitrogens with zero attached hydrogens (tertiary/aromatic N) is 2. The van der Waals surface area contributed by atoms with Crippen molar-refractivity contribution >= 4 is 29.1 Å². The predicted octanol–water partition coefficient (Wildman–Crippen LogP) is 0.958. The number of nitrogens with one attached hydrogen (secondary N) is 1. The average Bonchev–Trinajstić information content (AvgIpc) is 2.79. The van der Waals surface area contributed by atoms with Crippen molar-refractivity contribution in [1.29, 1.82) is 0 Å². The summed E-state index contributed by atoms with van der Waals surface area (Å²) in [6, 6.07) is 10.7. The van der Waals surface area contributed by atoms with E-state index in [1.165, 1.54) is 23.0 Å². The fourth-order valence-corrected chi connectivity index (χ4v) is 1.85. The molecule has 2 heterocycles. The molecule has 0 spiro atoms. The summed E-state index contributed by atoms with van der Waals surface area (Å²) in [4.78, 5) is 23.3. The highest BCUT2D eigenvalue weighted by Gasteiger charge is 2.12. The number of carbonyl (C=O) groups is 1. The minimum atomic E-state index is -0.241. The topological polar surface area (TPSA) is 63.5 Å². The predicted molar refractivity (Wildman–Crippen MR) is 69.1 cm³/mol. The van der Waals surface area contributed by atoms with Gasteiger partial charge in [0.2, 0.25) is 5.78 Å². The van der Waals surface area contributed by atoms with Crippen LogP contribution in [0.2, 0.25) is 0 Å². The first-order chi connectivity index (χ1) is 8.75. The number of hydrogen-bond acceptors (Lipinski definition) is 4. The van der Waals surface area contributed by atoms with Gasteiger partial charge in [-0.25, -0.2) is 0 Å². The quantitative estimate of drug-likeness (QED) is 0.754. The Morgan fingerprint density at radius 1 is 1.11 bits per heavy atom. The van der Waals surface area contributed by atoms with E-state index < -0.39 is 0 Å². The van der Waals surface area contributed by atoms with E-state index in [9.17, 15) is 9.59 Å². The standard InChI is InChI=1S/C13H9N3O2/c17-12-7-14-15-10(12)8-16-11-4-2-1-3-9(11)5-6-13(16)18/h1-8,15H/b10-8-. The van der Waals surface area contributed by atoms with Crippen LogP contribution in [0.15, 0.2) is 52.0 Å². The molecule has 88 valence electrons. The van der Waals surface area contributed by atoms with Crippen LogP contribution in [0, 0.1) is 0 Å². The summed E-state index contributed by atoms with van der Waals surface area (Å²) in [5.41, 5.74) is 3.41. The minimum absolute atomic E-state index is 0.192. The van der Waals surface area contributed by atoms with E-state index in [1.807, 2.05) is 24.3 Å². The van der Waals surface area contributed by atoms with Gasteiger partial charge in [-0.3, -0.25) is 19.6 Å². The monoisotopic (exact) mass is 239 g/mol. The molecule has 0 bridgehead atoms. The van der Waals surface area contributed by atoms with Crippen LogP contribution in [0.25, 0.3) is 17.1 Å². The lowest BCUT2D eigenvalue weighted by Gasteiger charge is -2.05. The third kappa shape index (κ3) is 1.62. The molecule has 1 aromatic heterocycles. The van der Waals surface area contributed by atoms with Crippen LogP contribution in [-0.4, -0.2) is 16.6 Å². The first-order valence-electron chi connectivity index (χ1n) is 5.41. The molecule has 18 heavy (non-hydrogen) atoms. The smallest absolute Gasteiger partial charge is 0.255 e. The second-order valence-electron chi connectivity index (χ2n) is 3.88. The molecule has 0 atom stereocenters. The van der Waals surface area contributed by atoms with Crippen molar-refractivity contribution in [2.75, 3.05) is 0 Å². The van der Waals surface area contributed by atoms with Crippen molar-refractivity contribution < 1.29 is 4.79 Å². The van der Waals surface area contributed by atoms with Gasteiger partial charge in [0.25, 0.3) is 5.56 Å². The third-order valence-electron chi connectivity index (χ3n) is 2.73. The second-order valence-corrected chi connectivity index (χ2v) is 3.88. The first kappa shape index (κ1) is 10.5. The molecule has 0 fully saturated rings. The maximum Gasteiger partial charge on any atom is 0.255 e. The number of carbonyl (C=O) groups excluding carboxylic acids is 1. The van der Waals surface area contributed by atoms with E-state index in [-0.39, 0.29) is 17.0 Å². The van der Waals surface area contributed by atoms with Crippen molar-refractivity contribution in [3.8, 4) is 0 Å². The van der Waals surface area contributed by atoms with Crippen molar-refractivity contribution in [2.45, 2.75) is 0 Å². The van der Waals surface area contributed by atoms with Crippen LogP contribution in [0.4, 0.5) is 0 Å². The van der Waals surface area contributed by atoms with Gasteiger partial charge in [-0.2, -0.15) is 5.10 Å². The molecule has 1 aliphatic rings. The number of rotatable bonds is 1.